The second-order valence-electron chi connectivity index (χ2n) is 4.89. The van der Waals surface area contributed by atoms with E-state index in [2.05, 4.69) is 5.32 Å². The van der Waals surface area contributed by atoms with Crippen LogP contribution in [0.3, 0.4) is 0 Å². The van der Waals surface area contributed by atoms with Gasteiger partial charge in [0, 0.05) is 19.3 Å². The van der Waals surface area contributed by atoms with Crippen LogP contribution in [0.25, 0.3) is 0 Å². The highest BCUT2D eigenvalue weighted by Gasteiger charge is 2.07. The summed E-state index contributed by atoms with van der Waals surface area (Å²) in [7, 11) is 1.67. The van der Waals surface area contributed by atoms with Gasteiger partial charge in [0.15, 0.2) is 0 Å². The van der Waals surface area contributed by atoms with Gasteiger partial charge in [-0.25, -0.2) is 4.79 Å². The molecule has 0 atom stereocenters. The Morgan fingerprint density at radius 1 is 1.19 bits per heavy atom. The zero-order valence-corrected chi connectivity index (χ0v) is 12.2. The van der Waals surface area contributed by atoms with Gasteiger partial charge in [0.2, 0.25) is 0 Å². The number of aromatic carboxylic acids is 1. The molecule has 0 unspecified atom stereocenters. The van der Waals surface area contributed by atoms with Crippen LogP contribution in [-0.4, -0.2) is 18.2 Å². The highest BCUT2D eigenvalue weighted by atomic mass is 16.5. The smallest absolute Gasteiger partial charge is 0.335 e. The van der Waals surface area contributed by atoms with E-state index in [9.17, 15) is 4.79 Å². The molecule has 0 aliphatic carbocycles. The monoisotopic (exact) mass is 285 g/mol. The van der Waals surface area contributed by atoms with Crippen molar-refractivity contribution < 1.29 is 14.6 Å². The van der Waals surface area contributed by atoms with Crippen LogP contribution in [0, 0.1) is 6.92 Å². The van der Waals surface area contributed by atoms with Gasteiger partial charge in [0.05, 0.1) is 12.2 Å². The summed E-state index contributed by atoms with van der Waals surface area (Å²) >= 11 is 0. The summed E-state index contributed by atoms with van der Waals surface area (Å²) < 4.78 is 5.19. The molecule has 110 valence electrons. The number of methoxy groups -OCH3 is 1. The highest BCUT2D eigenvalue weighted by molar-refractivity contribution is 5.89. The first kappa shape index (κ1) is 15.1. The van der Waals surface area contributed by atoms with E-state index in [-0.39, 0.29) is 5.56 Å². The van der Waals surface area contributed by atoms with Crippen molar-refractivity contribution in [3.05, 3.63) is 64.7 Å². The predicted octanol–water partition coefficient (Wildman–Crippen LogP) is 3.45. The van der Waals surface area contributed by atoms with Crippen molar-refractivity contribution in [1.29, 1.82) is 0 Å². The maximum Gasteiger partial charge on any atom is 0.335 e. The maximum absolute atomic E-state index is 11.0. The average Bonchev–Trinajstić information content (AvgIpc) is 2.48. The van der Waals surface area contributed by atoms with Crippen molar-refractivity contribution in [1.82, 2.24) is 0 Å². The summed E-state index contributed by atoms with van der Waals surface area (Å²) in [6.07, 6.45) is 0. The van der Waals surface area contributed by atoms with Crippen LogP contribution in [0.15, 0.2) is 42.5 Å². The number of ether oxygens (including phenoxy) is 1. The fourth-order valence-electron chi connectivity index (χ4n) is 2.16. The first-order valence-electron chi connectivity index (χ1n) is 6.75. The number of anilines is 1. The van der Waals surface area contributed by atoms with Crippen LogP contribution in [0.5, 0.6) is 0 Å². The molecule has 21 heavy (non-hydrogen) atoms. The first-order chi connectivity index (χ1) is 10.1. The Kier molecular flexibility index (Phi) is 4.95. The van der Waals surface area contributed by atoms with Gasteiger partial charge in [0.25, 0.3) is 0 Å². The first-order valence-corrected chi connectivity index (χ1v) is 6.75. The highest BCUT2D eigenvalue weighted by Crippen LogP contribution is 2.19. The predicted molar refractivity (Wildman–Crippen MR) is 82.6 cm³/mol. The van der Waals surface area contributed by atoms with E-state index in [4.69, 9.17) is 9.84 Å². The number of carboxylic acids is 1. The van der Waals surface area contributed by atoms with Crippen molar-refractivity contribution in [2.45, 2.75) is 20.1 Å². The molecule has 0 heterocycles. The minimum absolute atomic E-state index is 0.285. The van der Waals surface area contributed by atoms with E-state index >= 15 is 0 Å². The third-order valence-electron chi connectivity index (χ3n) is 3.37. The third-order valence-corrected chi connectivity index (χ3v) is 3.37. The topological polar surface area (TPSA) is 58.6 Å². The average molecular weight is 285 g/mol. The summed E-state index contributed by atoms with van der Waals surface area (Å²) in [4.78, 5) is 11.0. The van der Waals surface area contributed by atoms with Crippen molar-refractivity contribution >= 4 is 11.7 Å². The Bertz CT molecular complexity index is 638. The van der Waals surface area contributed by atoms with Crippen molar-refractivity contribution in [2.75, 3.05) is 12.4 Å². The molecule has 4 heteroatoms. The second-order valence-corrected chi connectivity index (χ2v) is 4.89. The van der Waals surface area contributed by atoms with E-state index in [0.717, 1.165) is 22.4 Å². The number of nitrogens with one attached hydrogen (secondary N) is 1. The standard InChI is InChI=1S/C17H19NO3/c1-12-7-8-13(17(19)20)9-16(12)18-10-14-5-3-4-6-15(14)11-21-2/h3-9,18H,10-11H2,1-2H3,(H,19,20). The van der Waals surface area contributed by atoms with Crippen LogP contribution >= 0.6 is 0 Å². The number of carboxylic acid groups (broad SMARTS) is 1. The number of benzene rings is 2. The van der Waals surface area contributed by atoms with Crippen LogP contribution in [0.2, 0.25) is 0 Å². The van der Waals surface area contributed by atoms with Gasteiger partial charge in [-0.3, -0.25) is 0 Å². The van der Waals surface area contributed by atoms with Gasteiger partial charge in [-0.05, 0) is 35.7 Å². The van der Waals surface area contributed by atoms with Gasteiger partial charge in [-0.2, -0.15) is 0 Å². The van der Waals surface area contributed by atoms with Gasteiger partial charge in [0.1, 0.15) is 0 Å². The van der Waals surface area contributed by atoms with Gasteiger partial charge in [-0.1, -0.05) is 30.3 Å². The van der Waals surface area contributed by atoms with Crippen molar-refractivity contribution in [3.63, 3.8) is 0 Å². The lowest BCUT2D eigenvalue weighted by atomic mass is 10.1. The second kappa shape index (κ2) is 6.90. The molecule has 0 amide bonds. The van der Waals surface area contributed by atoms with Gasteiger partial charge >= 0.3 is 5.97 Å². The molecule has 2 rings (SSSR count). The number of carbonyl (C=O) groups is 1. The number of aryl methyl sites for hydroxylation is 1. The fraction of sp³-hybridized carbons (Fsp3) is 0.235. The summed E-state index contributed by atoms with van der Waals surface area (Å²) in [5, 5.41) is 12.4. The third kappa shape index (κ3) is 3.83. The Morgan fingerprint density at radius 2 is 1.90 bits per heavy atom. The van der Waals surface area contributed by atoms with Crippen molar-refractivity contribution in [3.8, 4) is 0 Å². The Balaban J connectivity index is 2.16. The summed E-state index contributed by atoms with van der Waals surface area (Å²) in [6, 6.07) is 13.1. The minimum atomic E-state index is -0.919. The molecule has 0 saturated heterocycles. The molecule has 0 fully saturated rings. The summed E-state index contributed by atoms with van der Waals surface area (Å²) in [5.41, 5.74) is 4.40. The van der Waals surface area contributed by atoms with E-state index in [0.29, 0.717) is 13.2 Å². The summed E-state index contributed by atoms with van der Waals surface area (Å²) in [5.74, 6) is -0.919. The Morgan fingerprint density at radius 3 is 2.57 bits per heavy atom. The van der Waals surface area contributed by atoms with Gasteiger partial charge in [-0.15, -0.1) is 0 Å². The normalized spacial score (nSPS) is 10.4. The number of hydrogen-bond donors (Lipinski definition) is 2. The van der Waals surface area contributed by atoms with Crippen molar-refractivity contribution in [2.24, 2.45) is 0 Å². The molecular formula is C17H19NO3. The molecular weight excluding hydrogens is 266 g/mol. The lowest BCUT2D eigenvalue weighted by Gasteiger charge is -2.13. The van der Waals surface area contributed by atoms with Crippen LogP contribution < -0.4 is 5.32 Å². The van der Waals surface area contributed by atoms with Crippen LogP contribution in [0.1, 0.15) is 27.0 Å². The zero-order valence-electron chi connectivity index (χ0n) is 12.2. The van der Waals surface area contributed by atoms with E-state index < -0.39 is 5.97 Å². The van der Waals surface area contributed by atoms with Crippen LogP contribution in [0.4, 0.5) is 5.69 Å². The molecule has 0 spiro atoms. The van der Waals surface area contributed by atoms with Crippen LogP contribution in [-0.2, 0) is 17.9 Å². The molecule has 2 aromatic carbocycles. The summed E-state index contributed by atoms with van der Waals surface area (Å²) in [6.45, 7) is 3.14. The lowest BCUT2D eigenvalue weighted by Crippen LogP contribution is -2.06. The SMILES string of the molecule is COCc1ccccc1CNc1cc(C(=O)O)ccc1C. The molecule has 2 N–H and O–H groups in total. The molecule has 0 bridgehead atoms. The minimum Gasteiger partial charge on any atom is -0.478 e. The molecule has 0 saturated carbocycles. The molecule has 0 aliphatic rings. The van der Waals surface area contributed by atoms with E-state index in [1.807, 2.05) is 37.3 Å². The number of hydrogen-bond acceptors (Lipinski definition) is 3. The van der Waals surface area contributed by atoms with Gasteiger partial charge < -0.3 is 15.2 Å². The Hall–Kier alpha value is -2.33. The lowest BCUT2D eigenvalue weighted by molar-refractivity contribution is 0.0697. The van der Waals surface area contributed by atoms with E-state index in [1.54, 1.807) is 19.2 Å². The largest absolute Gasteiger partial charge is 0.478 e. The molecule has 2 aromatic rings. The fourth-order valence-corrected chi connectivity index (χ4v) is 2.16. The number of rotatable bonds is 6. The molecule has 0 radical (unpaired) electrons. The molecule has 0 aromatic heterocycles. The molecule has 0 aliphatic heterocycles. The molecule has 4 nitrogen and oxygen atoms in total. The Labute approximate surface area is 124 Å². The maximum atomic E-state index is 11.0. The van der Waals surface area contributed by atoms with E-state index in [1.165, 1.54) is 0 Å². The quantitative estimate of drug-likeness (QED) is 0.853. The zero-order chi connectivity index (χ0) is 15.2.